The number of rotatable bonds is 3. The zero-order valence-corrected chi connectivity index (χ0v) is 16.6. The van der Waals surface area contributed by atoms with Gasteiger partial charge in [-0.1, -0.05) is 20.8 Å². The Balaban J connectivity index is 1.73. The number of aryl methyl sites for hydroxylation is 1. The summed E-state index contributed by atoms with van der Waals surface area (Å²) in [5.74, 6) is -0.497. The Morgan fingerprint density at radius 3 is 2.68 bits per heavy atom. The summed E-state index contributed by atoms with van der Waals surface area (Å²) < 4.78 is 15.5. The van der Waals surface area contributed by atoms with E-state index in [1.165, 1.54) is 22.9 Å². The van der Waals surface area contributed by atoms with Crippen molar-refractivity contribution in [2.24, 2.45) is 11.3 Å². The fourth-order valence-electron chi connectivity index (χ4n) is 3.30. The number of benzene rings is 1. The van der Waals surface area contributed by atoms with E-state index in [0.29, 0.717) is 31.0 Å². The second-order valence-corrected chi connectivity index (χ2v) is 8.13. The van der Waals surface area contributed by atoms with Crippen molar-refractivity contribution in [3.8, 4) is 5.69 Å². The molecule has 1 aromatic carbocycles. The molecule has 1 N–H and O–H groups in total. The quantitative estimate of drug-likeness (QED) is 0.871. The van der Waals surface area contributed by atoms with E-state index >= 15 is 0 Å². The number of nitrogens with zero attached hydrogens (tertiary/aromatic N) is 5. The first kappa shape index (κ1) is 19.9. The maximum atomic E-state index is 14.2. The van der Waals surface area contributed by atoms with E-state index in [4.69, 9.17) is 0 Å². The number of likely N-dealkylation sites (tertiary alicyclic amines) is 1. The zero-order chi connectivity index (χ0) is 20.5. The Bertz CT molecular complexity index is 889. The first-order valence-corrected chi connectivity index (χ1v) is 9.32. The second-order valence-electron chi connectivity index (χ2n) is 8.13. The highest BCUT2D eigenvalue weighted by molar-refractivity contribution is 5.93. The van der Waals surface area contributed by atoms with Crippen molar-refractivity contribution in [1.82, 2.24) is 25.1 Å². The van der Waals surface area contributed by atoms with Gasteiger partial charge in [0.15, 0.2) is 5.82 Å². The number of carbonyl (C=O) groups excluding carboxylic acids is 2. The Kier molecular flexibility index (Phi) is 5.44. The number of halogens is 1. The van der Waals surface area contributed by atoms with Crippen LogP contribution in [0.1, 0.15) is 39.4 Å². The van der Waals surface area contributed by atoms with Crippen LogP contribution >= 0.6 is 0 Å². The van der Waals surface area contributed by atoms with Crippen LogP contribution in [0.15, 0.2) is 18.2 Å². The molecule has 9 heteroatoms. The monoisotopic (exact) mass is 388 g/mol. The molecule has 1 fully saturated rings. The molecular formula is C19H25FN6O2. The predicted octanol–water partition coefficient (Wildman–Crippen LogP) is 2.33. The molecule has 150 valence electrons. The van der Waals surface area contributed by atoms with Crippen LogP contribution in [-0.2, 0) is 9.59 Å². The third-order valence-corrected chi connectivity index (χ3v) is 4.79. The van der Waals surface area contributed by atoms with Crippen LogP contribution < -0.4 is 5.32 Å². The molecule has 2 amide bonds. The van der Waals surface area contributed by atoms with Crippen LogP contribution in [0.25, 0.3) is 5.69 Å². The number of tetrazole rings is 1. The summed E-state index contributed by atoms with van der Waals surface area (Å²) in [6, 6.07) is 4.26. The average Bonchev–Trinajstić information content (AvgIpc) is 3.07. The molecular weight excluding hydrogens is 363 g/mol. The van der Waals surface area contributed by atoms with Gasteiger partial charge < -0.3 is 10.2 Å². The molecule has 1 atom stereocenters. The fraction of sp³-hybridized carbons (Fsp3) is 0.526. The van der Waals surface area contributed by atoms with Gasteiger partial charge in [0, 0.05) is 24.2 Å². The van der Waals surface area contributed by atoms with Gasteiger partial charge in [-0.3, -0.25) is 9.59 Å². The number of anilines is 1. The standard InChI is InChI=1S/C19H25FN6O2/c1-12-22-23-24-26(12)16-10-14(7-8-15(16)20)21-17(27)13-6-5-9-25(11-13)18(28)19(2,3)4/h7-8,10,13H,5-6,9,11H2,1-4H3,(H,21,27). The topological polar surface area (TPSA) is 93.0 Å². The van der Waals surface area contributed by atoms with Gasteiger partial charge in [0.25, 0.3) is 0 Å². The maximum Gasteiger partial charge on any atom is 0.229 e. The summed E-state index contributed by atoms with van der Waals surface area (Å²) >= 11 is 0. The normalized spacial score (nSPS) is 17.5. The summed E-state index contributed by atoms with van der Waals surface area (Å²) in [5.41, 5.74) is 0.137. The number of amides is 2. The molecule has 1 saturated heterocycles. The lowest BCUT2D eigenvalue weighted by Crippen LogP contribution is -2.47. The van der Waals surface area contributed by atoms with Gasteiger partial charge in [0.2, 0.25) is 11.8 Å². The van der Waals surface area contributed by atoms with E-state index < -0.39 is 11.2 Å². The lowest BCUT2D eigenvalue weighted by molar-refractivity contribution is -0.142. The minimum absolute atomic E-state index is 0.0447. The zero-order valence-electron chi connectivity index (χ0n) is 16.6. The van der Waals surface area contributed by atoms with E-state index in [0.717, 1.165) is 6.42 Å². The van der Waals surface area contributed by atoms with Crippen LogP contribution in [-0.4, -0.2) is 50.0 Å². The van der Waals surface area contributed by atoms with Crippen molar-refractivity contribution < 1.29 is 14.0 Å². The van der Waals surface area contributed by atoms with Gasteiger partial charge in [0.1, 0.15) is 11.5 Å². The first-order valence-electron chi connectivity index (χ1n) is 9.32. The number of hydrogen-bond donors (Lipinski definition) is 1. The smallest absolute Gasteiger partial charge is 0.229 e. The van der Waals surface area contributed by atoms with Crippen molar-refractivity contribution in [2.45, 2.75) is 40.5 Å². The molecule has 1 aliphatic heterocycles. The molecule has 1 aliphatic rings. The summed E-state index contributed by atoms with van der Waals surface area (Å²) in [7, 11) is 0. The van der Waals surface area contributed by atoms with Crippen LogP contribution in [0.2, 0.25) is 0 Å². The average molecular weight is 388 g/mol. The van der Waals surface area contributed by atoms with Gasteiger partial charge in [-0.05, 0) is 48.4 Å². The van der Waals surface area contributed by atoms with Crippen molar-refractivity contribution in [3.05, 3.63) is 29.8 Å². The Hall–Kier alpha value is -2.84. The fourth-order valence-corrected chi connectivity index (χ4v) is 3.30. The van der Waals surface area contributed by atoms with Crippen molar-refractivity contribution in [2.75, 3.05) is 18.4 Å². The van der Waals surface area contributed by atoms with Gasteiger partial charge in [-0.15, -0.1) is 5.10 Å². The summed E-state index contributed by atoms with van der Waals surface area (Å²) in [5, 5.41) is 13.9. The van der Waals surface area contributed by atoms with E-state index in [1.54, 1.807) is 11.8 Å². The third-order valence-electron chi connectivity index (χ3n) is 4.79. The van der Waals surface area contributed by atoms with Crippen LogP contribution in [0.3, 0.4) is 0 Å². The predicted molar refractivity (Wildman–Crippen MR) is 101 cm³/mol. The molecule has 2 heterocycles. The molecule has 0 aliphatic carbocycles. The van der Waals surface area contributed by atoms with Gasteiger partial charge >= 0.3 is 0 Å². The van der Waals surface area contributed by atoms with Crippen molar-refractivity contribution in [3.63, 3.8) is 0 Å². The molecule has 8 nitrogen and oxygen atoms in total. The molecule has 28 heavy (non-hydrogen) atoms. The molecule has 0 radical (unpaired) electrons. The van der Waals surface area contributed by atoms with Gasteiger partial charge in [-0.25, -0.2) is 4.39 Å². The number of piperidine rings is 1. The summed E-state index contributed by atoms with van der Waals surface area (Å²) in [4.78, 5) is 27.0. The largest absolute Gasteiger partial charge is 0.341 e. The Morgan fingerprint density at radius 2 is 2.04 bits per heavy atom. The van der Waals surface area contributed by atoms with Crippen LogP contribution in [0, 0.1) is 24.1 Å². The van der Waals surface area contributed by atoms with Crippen molar-refractivity contribution in [1.29, 1.82) is 0 Å². The highest BCUT2D eigenvalue weighted by Gasteiger charge is 2.33. The van der Waals surface area contributed by atoms with Gasteiger partial charge in [-0.2, -0.15) is 4.68 Å². The number of aromatic nitrogens is 4. The highest BCUT2D eigenvalue weighted by Crippen LogP contribution is 2.25. The second kappa shape index (κ2) is 7.65. The Labute approximate surface area is 163 Å². The molecule has 3 rings (SSSR count). The van der Waals surface area contributed by atoms with Crippen LogP contribution in [0.4, 0.5) is 10.1 Å². The van der Waals surface area contributed by atoms with E-state index in [9.17, 15) is 14.0 Å². The number of carbonyl (C=O) groups is 2. The minimum Gasteiger partial charge on any atom is -0.341 e. The summed E-state index contributed by atoms with van der Waals surface area (Å²) in [6.45, 7) is 8.34. The van der Waals surface area contributed by atoms with E-state index in [1.807, 2.05) is 20.8 Å². The molecule has 0 spiro atoms. The molecule has 1 unspecified atom stereocenters. The molecule has 0 saturated carbocycles. The summed E-state index contributed by atoms with van der Waals surface area (Å²) in [6.07, 6.45) is 1.48. The molecule has 2 aromatic rings. The maximum absolute atomic E-state index is 14.2. The minimum atomic E-state index is -0.493. The molecule has 0 bridgehead atoms. The molecule has 1 aromatic heterocycles. The van der Waals surface area contributed by atoms with Crippen LogP contribution in [0.5, 0.6) is 0 Å². The number of hydrogen-bond acceptors (Lipinski definition) is 5. The highest BCUT2D eigenvalue weighted by atomic mass is 19.1. The van der Waals surface area contributed by atoms with Gasteiger partial charge in [0.05, 0.1) is 5.92 Å². The SMILES string of the molecule is Cc1nnnn1-c1cc(NC(=O)C2CCCN(C(=O)C(C)(C)C)C2)ccc1F. The number of nitrogens with one attached hydrogen (secondary N) is 1. The van der Waals surface area contributed by atoms with E-state index in [-0.39, 0.29) is 23.4 Å². The lowest BCUT2D eigenvalue weighted by atomic mass is 9.91. The van der Waals surface area contributed by atoms with Crippen molar-refractivity contribution >= 4 is 17.5 Å². The van der Waals surface area contributed by atoms with E-state index in [2.05, 4.69) is 20.8 Å². The first-order chi connectivity index (χ1) is 13.2. The third kappa shape index (κ3) is 4.18. The Morgan fingerprint density at radius 1 is 1.29 bits per heavy atom. The lowest BCUT2D eigenvalue weighted by Gasteiger charge is -2.35.